The third kappa shape index (κ3) is 3.77. The number of carbonyl (C=O) groups is 1. The third-order valence-electron chi connectivity index (χ3n) is 3.82. The summed E-state index contributed by atoms with van der Waals surface area (Å²) in [5.74, 6) is 0. The maximum Gasteiger partial charge on any atom is 0.410 e. The maximum absolute atomic E-state index is 12.4. The first-order valence-corrected chi connectivity index (χ1v) is 8.80. The Morgan fingerprint density at radius 2 is 2.00 bits per heavy atom. The molecule has 128 valence electrons. The molecule has 2 heterocycles. The molecule has 1 aromatic carbocycles. The van der Waals surface area contributed by atoms with E-state index in [1.807, 2.05) is 51.2 Å². The molecular formula is C17H21BrN4O2. The summed E-state index contributed by atoms with van der Waals surface area (Å²) in [5, 5.41) is 8.48. The van der Waals surface area contributed by atoms with Crippen LogP contribution in [-0.4, -0.2) is 38.1 Å². The van der Waals surface area contributed by atoms with Gasteiger partial charge in [-0.3, -0.25) is 4.90 Å². The molecule has 0 spiro atoms. The predicted octanol–water partition coefficient (Wildman–Crippen LogP) is 4.10. The van der Waals surface area contributed by atoms with E-state index in [0.717, 1.165) is 28.7 Å². The number of nitrogens with zero attached hydrogens (tertiary/aromatic N) is 4. The number of rotatable bonds is 2. The SMILES string of the molecule is CC(C)(C)OC(=O)N1CCC[C@H]1c1cn(-c2ccc(Br)cc2)nn1. The Labute approximate surface area is 149 Å². The Balaban J connectivity index is 1.78. The smallest absolute Gasteiger partial charge is 0.410 e. The van der Waals surface area contributed by atoms with E-state index in [0.29, 0.717) is 6.54 Å². The van der Waals surface area contributed by atoms with Crippen LogP contribution in [0.2, 0.25) is 0 Å². The highest BCUT2D eigenvalue weighted by Gasteiger charge is 2.34. The van der Waals surface area contributed by atoms with E-state index in [9.17, 15) is 4.79 Å². The summed E-state index contributed by atoms with van der Waals surface area (Å²) in [7, 11) is 0. The average Bonchev–Trinajstić information content (AvgIpc) is 3.15. The molecule has 0 N–H and O–H groups in total. The molecule has 6 nitrogen and oxygen atoms in total. The summed E-state index contributed by atoms with van der Waals surface area (Å²) in [5.41, 5.74) is 1.22. The van der Waals surface area contributed by atoms with Crippen molar-refractivity contribution in [3.8, 4) is 5.69 Å². The van der Waals surface area contributed by atoms with Crippen molar-refractivity contribution in [2.24, 2.45) is 0 Å². The molecule has 1 aromatic heterocycles. The second-order valence-electron chi connectivity index (χ2n) is 6.90. The highest BCUT2D eigenvalue weighted by Crippen LogP contribution is 2.32. The first kappa shape index (κ1) is 17.0. The Hall–Kier alpha value is -1.89. The van der Waals surface area contributed by atoms with Crippen molar-refractivity contribution in [1.29, 1.82) is 0 Å². The average molecular weight is 393 g/mol. The summed E-state index contributed by atoms with van der Waals surface area (Å²) >= 11 is 3.42. The summed E-state index contributed by atoms with van der Waals surface area (Å²) in [6, 6.07) is 7.76. The highest BCUT2D eigenvalue weighted by atomic mass is 79.9. The Bertz CT molecular complexity index is 721. The molecule has 0 aliphatic carbocycles. The molecule has 3 rings (SSSR count). The first-order valence-electron chi connectivity index (χ1n) is 8.01. The van der Waals surface area contributed by atoms with Crippen molar-refractivity contribution in [2.45, 2.75) is 45.3 Å². The van der Waals surface area contributed by atoms with Gasteiger partial charge in [-0.1, -0.05) is 21.1 Å². The fraction of sp³-hybridized carbons (Fsp3) is 0.471. The van der Waals surface area contributed by atoms with Crippen molar-refractivity contribution < 1.29 is 9.53 Å². The van der Waals surface area contributed by atoms with Crippen LogP contribution in [0.3, 0.4) is 0 Å². The molecule has 1 amide bonds. The summed E-state index contributed by atoms with van der Waals surface area (Å²) in [6.07, 6.45) is 3.41. The topological polar surface area (TPSA) is 60.2 Å². The highest BCUT2D eigenvalue weighted by molar-refractivity contribution is 9.10. The lowest BCUT2D eigenvalue weighted by Crippen LogP contribution is -2.36. The third-order valence-corrected chi connectivity index (χ3v) is 4.35. The van der Waals surface area contributed by atoms with E-state index >= 15 is 0 Å². The van der Waals surface area contributed by atoms with Crippen LogP contribution in [0.4, 0.5) is 4.79 Å². The molecule has 0 unspecified atom stereocenters. The fourth-order valence-electron chi connectivity index (χ4n) is 2.76. The Kier molecular flexibility index (Phi) is 4.62. The fourth-order valence-corrected chi connectivity index (χ4v) is 3.03. The summed E-state index contributed by atoms with van der Waals surface area (Å²) in [4.78, 5) is 14.2. The van der Waals surface area contributed by atoms with Crippen LogP contribution in [0.15, 0.2) is 34.9 Å². The summed E-state index contributed by atoms with van der Waals surface area (Å²) < 4.78 is 8.25. The van der Waals surface area contributed by atoms with Crippen LogP contribution in [0, 0.1) is 0 Å². The minimum Gasteiger partial charge on any atom is -0.444 e. The first-order chi connectivity index (χ1) is 11.3. The van der Waals surface area contributed by atoms with Crippen LogP contribution >= 0.6 is 15.9 Å². The van der Waals surface area contributed by atoms with Crippen molar-refractivity contribution in [2.75, 3.05) is 6.54 Å². The zero-order valence-electron chi connectivity index (χ0n) is 14.1. The quantitative estimate of drug-likeness (QED) is 0.771. The molecular weight excluding hydrogens is 372 g/mol. The molecule has 24 heavy (non-hydrogen) atoms. The van der Waals surface area contributed by atoms with Gasteiger partial charge in [0.25, 0.3) is 0 Å². The zero-order chi connectivity index (χ0) is 17.3. The van der Waals surface area contributed by atoms with Crippen LogP contribution in [0.1, 0.15) is 45.3 Å². The number of amides is 1. The van der Waals surface area contributed by atoms with Crippen molar-refractivity contribution in [1.82, 2.24) is 19.9 Å². The number of benzene rings is 1. The number of hydrogen-bond donors (Lipinski definition) is 0. The van der Waals surface area contributed by atoms with E-state index in [1.165, 1.54) is 0 Å². The number of aromatic nitrogens is 3. The van der Waals surface area contributed by atoms with E-state index < -0.39 is 5.60 Å². The number of hydrogen-bond acceptors (Lipinski definition) is 4. The molecule has 0 radical (unpaired) electrons. The molecule has 7 heteroatoms. The van der Waals surface area contributed by atoms with Gasteiger partial charge in [0.1, 0.15) is 11.3 Å². The van der Waals surface area contributed by atoms with E-state index in [2.05, 4.69) is 26.2 Å². The van der Waals surface area contributed by atoms with E-state index in [1.54, 1.807) is 9.58 Å². The second-order valence-corrected chi connectivity index (χ2v) is 7.81. The van der Waals surface area contributed by atoms with Crippen LogP contribution in [-0.2, 0) is 4.74 Å². The molecule has 1 fully saturated rings. The molecule has 1 saturated heterocycles. The van der Waals surface area contributed by atoms with Gasteiger partial charge in [-0.15, -0.1) is 5.10 Å². The van der Waals surface area contributed by atoms with Gasteiger partial charge in [-0.2, -0.15) is 0 Å². The molecule has 1 atom stereocenters. The molecule has 0 saturated carbocycles. The normalized spacial score (nSPS) is 18.0. The van der Waals surface area contributed by atoms with Crippen LogP contribution in [0.5, 0.6) is 0 Å². The molecule has 0 bridgehead atoms. The molecule has 1 aliphatic rings. The minimum atomic E-state index is -0.501. The standard InChI is InChI=1S/C17H21BrN4O2/c1-17(2,3)24-16(23)21-10-4-5-15(21)14-11-22(20-19-14)13-8-6-12(18)7-9-13/h6-9,11,15H,4-5,10H2,1-3H3/t15-/m0/s1. The van der Waals surface area contributed by atoms with Gasteiger partial charge in [-0.05, 0) is 57.9 Å². The minimum absolute atomic E-state index is 0.0796. The molecule has 2 aromatic rings. The number of carbonyl (C=O) groups excluding carboxylic acids is 1. The van der Waals surface area contributed by atoms with E-state index in [-0.39, 0.29) is 12.1 Å². The van der Waals surface area contributed by atoms with Crippen molar-refractivity contribution in [3.63, 3.8) is 0 Å². The van der Waals surface area contributed by atoms with Gasteiger partial charge in [0, 0.05) is 11.0 Å². The van der Waals surface area contributed by atoms with Crippen molar-refractivity contribution >= 4 is 22.0 Å². The van der Waals surface area contributed by atoms with Gasteiger partial charge in [-0.25, -0.2) is 9.48 Å². The van der Waals surface area contributed by atoms with Crippen LogP contribution in [0.25, 0.3) is 5.69 Å². The van der Waals surface area contributed by atoms with Crippen LogP contribution < -0.4 is 0 Å². The Morgan fingerprint density at radius 1 is 1.29 bits per heavy atom. The van der Waals surface area contributed by atoms with Gasteiger partial charge in [0.05, 0.1) is 17.9 Å². The van der Waals surface area contributed by atoms with Gasteiger partial charge in [0.2, 0.25) is 0 Å². The van der Waals surface area contributed by atoms with Gasteiger partial charge < -0.3 is 4.74 Å². The lowest BCUT2D eigenvalue weighted by atomic mass is 10.1. The predicted molar refractivity (Wildman–Crippen MR) is 94.0 cm³/mol. The number of likely N-dealkylation sites (tertiary alicyclic amines) is 1. The van der Waals surface area contributed by atoms with Crippen molar-refractivity contribution in [3.05, 3.63) is 40.6 Å². The number of ether oxygens (including phenoxy) is 1. The zero-order valence-corrected chi connectivity index (χ0v) is 15.7. The van der Waals surface area contributed by atoms with Gasteiger partial charge in [0.15, 0.2) is 0 Å². The maximum atomic E-state index is 12.4. The Morgan fingerprint density at radius 3 is 2.67 bits per heavy atom. The van der Waals surface area contributed by atoms with Gasteiger partial charge >= 0.3 is 6.09 Å². The monoisotopic (exact) mass is 392 g/mol. The summed E-state index contributed by atoms with van der Waals surface area (Å²) in [6.45, 7) is 6.31. The largest absolute Gasteiger partial charge is 0.444 e. The second kappa shape index (κ2) is 6.55. The lowest BCUT2D eigenvalue weighted by molar-refractivity contribution is 0.0221. The lowest BCUT2D eigenvalue weighted by Gasteiger charge is -2.27. The molecule has 1 aliphatic heterocycles. The number of halogens is 1. The van der Waals surface area contributed by atoms with E-state index in [4.69, 9.17) is 4.74 Å².